The van der Waals surface area contributed by atoms with Crippen molar-refractivity contribution in [2.24, 2.45) is 0 Å². The van der Waals surface area contributed by atoms with Crippen LogP contribution in [-0.4, -0.2) is 50.5 Å². The molecule has 0 fully saturated rings. The highest BCUT2D eigenvalue weighted by molar-refractivity contribution is 7.91. The molecule has 0 saturated carbocycles. The van der Waals surface area contributed by atoms with Crippen molar-refractivity contribution < 1.29 is 22.0 Å². The summed E-state index contributed by atoms with van der Waals surface area (Å²) in [6.07, 6.45) is 1.33. The molecule has 1 aromatic rings. The Morgan fingerprint density at radius 3 is 2.43 bits per heavy atom. The third-order valence-electron chi connectivity index (χ3n) is 3.97. The van der Waals surface area contributed by atoms with Gasteiger partial charge in [0.2, 0.25) is 0 Å². The number of hydrogen-bond donors (Lipinski definition) is 1. The number of carbonyl (C=O) groups is 1. The van der Waals surface area contributed by atoms with Gasteiger partial charge in [-0.2, -0.15) is 0 Å². The van der Waals surface area contributed by atoms with Crippen molar-refractivity contribution in [1.29, 1.82) is 0 Å². The first kappa shape index (κ1) is 19.3. The van der Waals surface area contributed by atoms with E-state index in [1.807, 2.05) is 0 Å². The minimum Gasteiger partial charge on any atom is -0.338 e. The van der Waals surface area contributed by atoms with Crippen LogP contribution in [0.4, 0.5) is 13.6 Å². The summed E-state index contributed by atoms with van der Waals surface area (Å²) in [5, 5.41) is 1.89. The Balaban J connectivity index is 2.56. The molecule has 0 aliphatic heterocycles. The van der Waals surface area contributed by atoms with E-state index in [1.54, 1.807) is 6.92 Å². The average Bonchev–Trinajstić information content (AvgIpc) is 2.46. The highest BCUT2D eigenvalue weighted by Crippen LogP contribution is 2.11. The molecule has 2 atom stereocenters. The number of nitrogens with zero attached hydrogens (tertiary/aromatic N) is 1. The van der Waals surface area contributed by atoms with E-state index in [-0.39, 0.29) is 13.0 Å². The van der Waals surface area contributed by atoms with Gasteiger partial charge < -0.3 is 10.2 Å². The van der Waals surface area contributed by atoms with Crippen molar-refractivity contribution in [3.8, 4) is 0 Å². The maximum Gasteiger partial charge on any atom is 0.317 e. The van der Waals surface area contributed by atoms with Gasteiger partial charge in [-0.1, -0.05) is 6.07 Å². The number of amides is 2. The molecule has 8 heteroatoms. The van der Waals surface area contributed by atoms with Crippen LogP contribution in [0.5, 0.6) is 0 Å². The summed E-state index contributed by atoms with van der Waals surface area (Å²) in [5.74, 6) is -1.31. The summed E-state index contributed by atoms with van der Waals surface area (Å²) in [4.78, 5) is 13.3. The molecule has 2 amide bonds. The Hall–Kier alpha value is -1.70. The summed E-state index contributed by atoms with van der Waals surface area (Å²) >= 11 is 0. The van der Waals surface area contributed by atoms with Crippen molar-refractivity contribution >= 4 is 15.9 Å². The molecule has 1 N–H and O–H groups in total. The van der Waals surface area contributed by atoms with Gasteiger partial charge in [-0.3, -0.25) is 0 Å². The lowest BCUT2D eigenvalue weighted by atomic mass is 10.1. The lowest BCUT2D eigenvalue weighted by molar-refractivity contribution is 0.193. The molecule has 0 aromatic heterocycles. The Morgan fingerprint density at radius 1 is 1.30 bits per heavy atom. The molecule has 0 aliphatic rings. The fourth-order valence-electron chi connectivity index (χ4n) is 2.01. The molecule has 0 bridgehead atoms. The van der Waals surface area contributed by atoms with Gasteiger partial charge in [-0.25, -0.2) is 22.0 Å². The summed E-state index contributed by atoms with van der Waals surface area (Å²) in [6, 6.07) is 2.32. The van der Waals surface area contributed by atoms with Crippen molar-refractivity contribution in [3.63, 3.8) is 0 Å². The van der Waals surface area contributed by atoms with Crippen LogP contribution in [0.2, 0.25) is 0 Å². The smallest absolute Gasteiger partial charge is 0.317 e. The predicted octanol–water partition coefficient (Wildman–Crippen LogP) is 1.97. The van der Waals surface area contributed by atoms with Crippen LogP contribution >= 0.6 is 0 Å². The maximum absolute atomic E-state index is 13.5. The zero-order chi connectivity index (χ0) is 17.8. The number of halogens is 2. The number of benzene rings is 1. The Labute approximate surface area is 135 Å². The molecule has 0 unspecified atom stereocenters. The van der Waals surface area contributed by atoms with Gasteiger partial charge in [0, 0.05) is 32.0 Å². The minimum atomic E-state index is -3.26. The molecule has 1 rings (SSSR count). The van der Waals surface area contributed by atoms with Gasteiger partial charge in [0.05, 0.1) is 5.25 Å². The maximum atomic E-state index is 13.5. The van der Waals surface area contributed by atoms with Crippen molar-refractivity contribution in [2.45, 2.75) is 31.6 Å². The van der Waals surface area contributed by atoms with E-state index in [2.05, 4.69) is 5.32 Å². The second-order valence-electron chi connectivity index (χ2n) is 5.60. The van der Waals surface area contributed by atoms with Crippen LogP contribution in [0.25, 0.3) is 0 Å². The van der Waals surface area contributed by atoms with Crippen molar-refractivity contribution in [3.05, 3.63) is 35.4 Å². The van der Waals surface area contributed by atoms with Crippen LogP contribution in [0.15, 0.2) is 18.2 Å². The minimum absolute atomic E-state index is 0.158. The van der Waals surface area contributed by atoms with Crippen LogP contribution in [-0.2, 0) is 16.3 Å². The first-order chi connectivity index (χ1) is 10.5. The molecule has 5 nitrogen and oxygen atoms in total. The SMILES string of the molecule is C[C@H]([C@@H](C)S(C)(=O)=O)N(C)C(=O)NCCc1ccc(F)cc1F. The first-order valence-electron chi connectivity index (χ1n) is 7.17. The normalized spacial score (nSPS) is 14.2. The van der Waals surface area contributed by atoms with E-state index in [9.17, 15) is 22.0 Å². The van der Waals surface area contributed by atoms with Crippen LogP contribution in [0.3, 0.4) is 0 Å². The van der Waals surface area contributed by atoms with E-state index < -0.39 is 38.8 Å². The second kappa shape index (κ2) is 7.72. The van der Waals surface area contributed by atoms with Crippen molar-refractivity contribution in [2.75, 3.05) is 19.8 Å². The second-order valence-corrected chi connectivity index (χ2v) is 8.01. The monoisotopic (exact) mass is 348 g/mol. The molecular weight excluding hydrogens is 326 g/mol. The number of hydrogen-bond acceptors (Lipinski definition) is 3. The molecule has 23 heavy (non-hydrogen) atoms. The van der Waals surface area contributed by atoms with Crippen LogP contribution < -0.4 is 5.32 Å². The summed E-state index contributed by atoms with van der Waals surface area (Å²) in [5.41, 5.74) is 0.298. The Morgan fingerprint density at radius 2 is 1.91 bits per heavy atom. The third-order valence-corrected chi connectivity index (χ3v) is 5.72. The standard InChI is InChI=1S/C15H22F2N2O3S/c1-10(11(2)23(4,21)22)19(3)15(20)18-8-7-12-5-6-13(16)9-14(12)17/h5-6,9-11H,7-8H2,1-4H3,(H,18,20)/t10-,11-/m1/s1. The summed E-state index contributed by atoms with van der Waals surface area (Å²) in [6.45, 7) is 3.34. The molecular formula is C15H22F2N2O3S. The van der Waals surface area contributed by atoms with Gasteiger partial charge in [0.1, 0.15) is 11.6 Å². The van der Waals surface area contributed by atoms with Gasteiger partial charge in [-0.15, -0.1) is 0 Å². The lowest BCUT2D eigenvalue weighted by Crippen LogP contribution is -2.48. The van der Waals surface area contributed by atoms with Gasteiger partial charge in [0.25, 0.3) is 0 Å². The first-order valence-corrected chi connectivity index (χ1v) is 9.13. The van der Waals surface area contributed by atoms with Crippen molar-refractivity contribution in [1.82, 2.24) is 10.2 Å². The predicted molar refractivity (Wildman–Crippen MR) is 85.0 cm³/mol. The van der Waals surface area contributed by atoms with Gasteiger partial charge >= 0.3 is 6.03 Å². The highest BCUT2D eigenvalue weighted by Gasteiger charge is 2.27. The Bertz CT molecular complexity index is 665. The lowest BCUT2D eigenvalue weighted by Gasteiger charge is -2.29. The summed E-state index contributed by atoms with van der Waals surface area (Å²) < 4.78 is 49.3. The van der Waals surface area contributed by atoms with E-state index in [1.165, 1.54) is 24.9 Å². The van der Waals surface area contributed by atoms with Gasteiger partial charge in [-0.05, 0) is 31.9 Å². The zero-order valence-corrected chi connectivity index (χ0v) is 14.5. The molecule has 0 saturated heterocycles. The van der Waals surface area contributed by atoms with Crippen LogP contribution in [0.1, 0.15) is 19.4 Å². The molecule has 0 spiro atoms. The molecule has 0 aliphatic carbocycles. The van der Waals surface area contributed by atoms with E-state index in [0.717, 1.165) is 18.4 Å². The molecule has 0 radical (unpaired) electrons. The topological polar surface area (TPSA) is 66.5 Å². The quantitative estimate of drug-likeness (QED) is 0.855. The highest BCUT2D eigenvalue weighted by atomic mass is 32.2. The zero-order valence-electron chi connectivity index (χ0n) is 13.6. The number of rotatable bonds is 6. The molecule has 130 valence electrons. The Kier molecular flexibility index (Phi) is 6.49. The number of urea groups is 1. The number of sulfone groups is 1. The number of carbonyl (C=O) groups excluding carboxylic acids is 1. The van der Waals surface area contributed by atoms with Crippen LogP contribution in [0, 0.1) is 11.6 Å². The fraction of sp³-hybridized carbons (Fsp3) is 0.533. The van der Waals surface area contributed by atoms with E-state index >= 15 is 0 Å². The fourth-order valence-corrected chi connectivity index (χ4v) is 2.91. The summed E-state index contributed by atoms with van der Waals surface area (Å²) in [7, 11) is -1.76. The third kappa shape index (κ3) is 5.46. The van der Waals surface area contributed by atoms with Gasteiger partial charge in [0.15, 0.2) is 9.84 Å². The largest absolute Gasteiger partial charge is 0.338 e. The van der Waals surface area contributed by atoms with E-state index in [0.29, 0.717) is 5.56 Å². The average molecular weight is 348 g/mol. The van der Waals surface area contributed by atoms with E-state index in [4.69, 9.17) is 0 Å². The molecule has 1 aromatic carbocycles. The molecule has 0 heterocycles. The number of nitrogens with one attached hydrogen (secondary N) is 1.